The fourth-order valence-corrected chi connectivity index (χ4v) is 4.11. The SMILES string of the molecule is CCCCC1SC(CC)(c2ccccc2)C(=O)NC1=O. The lowest BCUT2D eigenvalue weighted by molar-refractivity contribution is -0.132. The Hall–Kier alpha value is -1.29. The molecule has 108 valence electrons. The zero-order chi connectivity index (χ0) is 14.6. The number of benzene rings is 1. The summed E-state index contributed by atoms with van der Waals surface area (Å²) in [5.74, 6) is -0.303. The van der Waals surface area contributed by atoms with Crippen molar-refractivity contribution in [1.29, 1.82) is 0 Å². The summed E-state index contributed by atoms with van der Waals surface area (Å²) < 4.78 is -0.631. The first-order valence-corrected chi connectivity index (χ1v) is 8.10. The summed E-state index contributed by atoms with van der Waals surface area (Å²) in [5, 5.41) is 2.45. The van der Waals surface area contributed by atoms with E-state index >= 15 is 0 Å². The summed E-state index contributed by atoms with van der Waals surface area (Å²) >= 11 is 1.53. The van der Waals surface area contributed by atoms with E-state index in [2.05, 4.69) is 12.2 Å². The lowest BCUT2D eigenvalue weighted by atomic mass is 9.94. The van der Waals surface area contributed by atoms with E-state index in [0.717, 1.165) is 24.8 Å². The standard InChI is InChI=1S/C16H21NO2S/c1-3-5-11-13-14(18)17-15(19)16(4-2,20-13)12-9-7-6-8-10-12/h6-10,13H,3-5,11H2,1-2H3,(H,17,18,19). The lowest BCUT2D eigenvalue weighted by Gasteiger charge is -2.38. The van der Waals surface area contributed by atoms with Crippen molar-refractivity contribution in [3.63, 3.8) is 0 Å². The zero-order valence-corrected chi connectivity index (χ0v) is 12.8. The first-order chi connectivity index (χ1) is 9.64. The highest BCUT2D eigenvalue weighted by Crippen LogP contribution is 2.45. The highest BCUT2D eigenvalue weighted by molar-refractivity contribution is 8.02. The second-order valence-corrected chi connectivity index (χ2v) is 6.62. The predicted octanol–water partition coefficient (Wildman–Crippen LogP) is 3.24. The molecule has 0 aliphatic carbocycles. The Labute approximate surface area is 124 Å². The van der Waals surface area contributed by atoms with E-state index in [4.69, 9.17) is 0 Å². The molecule has 0 bridgehead atoms. The Morgan fingerprint density at radius 2 is 1.90 bits per heavy atom. The van der Waals surface area contributed by atoms with Gasteiger partial charge in [-0.05, 0) is 18.4 Å². The molecule has 1 aromatic carbocycles. The highest BCUT2D eigenvalue weighted by Gasteiger charge is 2.47. The predicted molar refractivity (Wildman–Crippen MR) is 82.5 cm³/mol. The fraction of sp³-hybridized carbons (Fsp3) is 0.500. The number of thioether (sulfide) groups is 1. The summed E-state index contributed by atoms with van der Waals surface area (Å²) in [6.07, 6.45) is 3.58. The molecular formula is C16H21NO2S. The average Bonchev–Trinajstić information content (AvgIpc) is 2.48. The van der Waals surface area contributed by atoms with Gasteiger partial charge >= 0.3 is 0 Å². The quantitative estimate of drug-likeness (QED) is 0.847. The van der Waals surface area contributed by atoms with E-state index in [1.807, 2.05) is 37.3 Å². The van der Waals surface area contributed by atoms with Crippen molar-refractivity contribution in [2.45, 2.75) is 49.5 Å². The van der Waals surface area contributed by atoms with Gasteiger partial charge in [0.15, 0.2) is 0 Å². The van der Waals surface area contributed by atoms with E-state index in [9.17, 15) is 9.59 Å². The number of nitrogens with one attached hydrogen (secondary N) is 1. The number of carbonyl (C=O) groups excluding carboxylic acids is 2. The van der Waals surface area contributed by atoms with Gasteiger partial charge < -0.3 is 0 Å². The number of unbranched alkanes of at least 4 members (excludes halogenated alkanes) is 1. The molecule has 1 aliphatic rings. The monoisotopic (exact) mass is 291 g/mol. The summed E-state index contributed by atoms with van der Waals surface area (Å²) in [6.45, 7) is 4.12. The van der Waals surface area contributed by atoms with Crippen molar-refractivity contribution in [2.75, 3.05) is 0 Å². The zero-order valence-electron chi connectivity index (χ0n) is 12.0. The van der Waals surface area contributed by atoms with Crippen LogP contribution in [-0.2, 0) is 14.3 Å². The van der Waals surface area contributed by atoms with Gasteiger partial charge in [-0.15, -0.1) is 11.8 Å². The number of carbonyl (C=O) groups is 2. The van der Waals surface area contributed by atoms with E-state index in [1.165, 1.54) is 11.8 Å². The summed E-state index contributed by atoms with van der Waals surface area (Å²) in [4.78, 5) is 24.4. The highest BCUT2D eigenvalue weighted by atomic mass is 32.2. The Bertz CT molecular complexity index is 489. The van der Waals surface area contributed by atoms with E-state index in [0.29, 0.717) is 6.42 Å². The number of rotatable bonds is 5. The fourth-order valence-electron chi connectivity index (χ4n) is 2.58. The molecule has 2 atom stereocenters. The van der Waals surface area contributed by atoms with Crippen LogP contribution in [0.5, 0.6) is 0 Å². The molecule has 2 unspecified atom stereocenters. The molecule has 4 heteroatoms. The van der Waals surface area contributed by atoms with Crippen molar-refractivity contribution >= 4 is 23.6 Å². The van der Waals surface area contributed by atoms with Crippen LogP contribution in [0.3, 0.4) is 0 Å². The van der Waals surface area contributed by atoms with Crippen LogP contribution in [0.2, 0.25) is 0 Å². The molecule has 0 saturated carbocycles. The largest absolute Gasteiger partial charge is 0.294 e. The van der Waals surface area contributed by atoms with Crippen LogP contribution in [0.15, 0.2) is 30.3 Å². The molecule has 2 amide bonds. The first kappa shape index (κ1) is 15.1. The molecule has 0 spiro atoms. The lowest BCUT2D eigenvalue weighted by Crippen LogP contribution is -2.53. The molecule has 1 N–H and O–H groups in total. The Morgan fingerprint density at radius 3 is 2.50 bits per heavy atom. The van der Waals surface area contributed by atoms with Gasteiger partial charge in [-0.2, -0.15) is 0 Å². The van der Waals surface area contributed by atoms with Gasteiger partial charge in [0.05, 0.1) is 5.25 Å². The van der Waals surface area contributed by atoms with Crippen molar-refractivity contribution in [3.05, 3.63) is 35.9 Å². The second-order valence-electron chi connectivity index (χ2n) is 5.11. The van der Waals surface area contributed by atoms with Crippen molar-refractivity contribution in [1.82, 2.24) is 5.32 Å². The van der Waals surface area contributed by atoms with Gasteiger partial charge in [-0.3, -0.25) is 14.9 Å². The van der Waals surface area contributed by atoms with E-state index in [1.54, 1.807) is 0 Å². The summed E-state index contributed by atoms with van der Waals surface area (Å²) in [7, 11) is 0. The van der Waals surface area contributed by atoms with Crippen LogP contribution in [0.25, 0.3) is 0 Å². The van der Waals surface area contributed by atoms with Gasteiger partial charge in [0.25, 0.3) is 0 Å². The summed E-state index contributed by atoms with van der Waals surface area (Å²) in [5.41, 5.74) is 0.985. The Kier molecular flexibility index (Phi) is 4.86. The molecule has 1 aliphatic heterocycles. The van der Waals surface area contributed by atoms with Crippen LogP contribution >= 0.6 is 11.8 Å². The van der Waals surface area contributed by atoms with Gasteiger partial charge in [-0.1, -0.05) is 57.0 Å². The third kappa shape index (κ3) is 2.75. The molecule has 3 nitrogen and oxygen atoms in total. The third-order valence-corrected chi connectivity index (χ3v) is 5.64. The average molecular weight is 291 g/mol. The number of imide groups is 1. The number of hydrogen-bond acceptors (Lipinski definition) is 3. The molecule has 2 rings (SSSR count). The maximum atomic E-state index is 12.4. The molecule has 0 radical (unpaired) electrons. The van der Waals surface area contributed by atoms with Crippen LogP contribution in [0.4, 0.5) is 0 Å². The molecule has 20 heavy (non-hydrogen) atoms. The Morgan fingerprint density at radius 1 is 1.20 bits per heavy atom. The van der Waals surface area contributed by atoms with Crippen LogP contribution in [0, 0.1) is 0 Å². The normalized spacial score (nSPS) is 26.4. The molecule has 1 heterocycles. The number of hydrogen-bond donors (Lipinski definition) is 1. The molecular weight excluding hydrogens is 270 g/mol. The van der Waals surface area contributed by atoms with Gasteiger partial charge in [-0.25, -0.2) is 0 Å². The molecule has 1 aromatic rings. The molecule has 0 aromatic heterocycles. The van der Waals surface area contributed by atoms with Crippen molar-refractivity contribution in [3.8, 4) is 0 Å². The van der Waals surface area contributed by atoms with Crippen LogP contribution < -0.4 is 5.32 Å². The van der Waals surface area contributed by atoms with Crippen molar-refractivity contribution < 1.29 is 9.59 Å². The Balaban J connectivity index is 2.31. The second kappa shape index (κ2) is 6.44. The maximum absolute atomic E-state index is 12.4. The summed E-state index contributed by atoms with van der Waals surface area (Å²) in [6, 6.07) is 9.78. The number of amides is 2. The molecule has 1 saturated heterocycles. The van der Waals surface area contributed by atoms with Gasteiger partial charge in [0.2, 0.25) is 11.8 Å². The smallest absolute Gasteiger partial charge is 0.247 e. The maximum Gasteiger partial charge on any atom is 0.247 e. The van der Waals surface area contributed by atoms with Gasteiger partial charge in [0, 0.05) is 0 Å². The third-order valence-electron chi connectivity index (χ3n) is 3.80. The van der Waals surface area contributed by atoms with Gasteiger partial charge in [0.1, 0.15) is 4.75 Å². The van der Waals surface area contributed by atoms with Crippen LogP contribution in [0.1, 0.15) is 45.1 Å². The van der Waals surface area contributed by atoms with E-state index in [-0.39, 0.29) is 17.1 Å². The van der Waals surface area contributed by atoms with E-state index < -0.39 is 4.75 Å². The van der Waals surface area contributed by atoms with Crippen molar-refractivity contribution in [2.24, 2.45) is 0 Å². The van der Waals surface area contributed by atoms with Crippen LogP contribution in [-0.4, -0.2) is 17.1 Å². The molecule has 1 fully saturated rings. The minimum atomic E-state index is -0.631. The topological polar surface area (TPSA) is 46.2 Å². The minimum Gasteiger partial charge on any atom is -0.294 e. The minimum absolute atomic E-state index is 0.131. The first-order valence-electron chi connectivity index (χ1n) is 7.22.